The van der Waals surface area contributed by atoms with Crippen molar-refractivity contribution in [2.45, 2.75) is 12.7 Å². The first-order valence-corrected chi connectivity index (χ1v) is 7.92. The van der Waals surface area contributed by atoms with Gasteiger partial charge in [-0.2, -0.15) is 0 Å². The molecule has 0 bridgehead atoms. The molecule has 20 heavy (non-hydrogen) atoms. The zero-order valence-corrected chi connectivity index (χ0v) is 12.2. The zero-order valence-electron chi connectivity index (χ0n) is 11.4. The van der Waals surface area contributed by atoms with Crippen molar-refractivity contribution >= 4 is 15.5 Å². The molecule has 108 valence electrons. The quantitative estimate of drug-likeness (QED) is 0.806. The van der Waals surface area contributed by atoms with E-state index in [9.17, 15) is 13.2 Å². The Balaban J connectivity index is 2.37. The molecular formula is C13H16N2O4S. The summed E-state index contributed by atoms with van der Waals surface area (Å²) in [6, 6.07) is 4.78. The summed E-state index contributed by atoms with van der Waals surface area (Å²) < 4.78 is 29.8. The van der Waals surface area contributed by atoms with Crippen LogP contribution in [0.1, 0.15) is 11.3 Å². The van der Waals surface area contributed by atoms with Crippen LogP contribution < -0.4 is 5.56 Å². The number of methoxy groups -OCH3 is 1. The SMILES string of the molecule is COCCS(=O)(=O)Cc1cc(=O)n2cc(C)ccc2n1. The fraction of sp³-hybridized carbons (Fsp3) is 0.385. The lowest BCUT2D eigenvalue weighted by Crippen LogP contribution is -2.19. The van der Waals surface area contributed by atoms with Crippen molar-refractivity contribution in [2.24, 2.45) is 0 Å². The maximum Gasteiger partial charge on any atom is 0.258 e. The lowest BCUT2D eigenvalue weighted by atomic mass is 10.3. The van der Waals surface area contributed by atoms with E-state index in [1.54, 1.807) is 12.3 Å². The Morgan fingerprint density at radius 3 is 2.80 bits per heavy atom. The van der Waals surface area contributed by atoms with Crippen LogP contribution in [-0.4, -0.2) is 37.3 Å². The Hall–Kier alpha value is -1.73. The van der Waals surface area contributed by atoms with Gasteiger partial charge in [0, 0.05) is 19.4 Å². The van der Waals surface area contributed by atoms with E-state index >= 15 is 0 Å². The van der Waals surface area contributed by atoms with Gasteiger partial charge in [0.05, 0.1) is 23.8 Å². The first kappa shape index (κ1) is 14.7. The molecule has 7 heteroatoms. The second-order valence-electron chi connectivity index (χ2n) is 4.61. The smallest absolute Gasteiger partial charge is 0.258 e. The van der Waals surface area contributed by atoms with Gasteiger partial charge in [-0.05, 0) is 18.6 Å². The topological polar surface area (TPSA) is 77.7 Å². The van der Waals surface area contributed by atoms with Crippen molar-refractivity contribution in [3.8, 4) is 0 Å². The molecule has 0 atom stereocenters. The summed E-state index contributed by atoms with van der Waals surface area (Å²) in [6.07, 6.45) is 1.67. The Bertz CT molecular complexity index is 781. The van der Waals surface area contributed by atoms with Crippen molar-refractivity contribution in [2.75, 3.05) is 19.5 Å². The Morgan fingerprint density at radius 1 is 1.35 bits per heavy atom. The van der Waals surface area contributed by atoms with Crippen molar-refractivity contribution in [1.82, 2.24) is 9.38 Å². The highest BCUT2D eigenvalue weighted by Gasteiger charge is 2.14. The van der Waals surface area contributed by atoms with Crippen LogP contribution in [0, 0.1) is 6.92 Å². The number of hydrogen-bond acceptors (Lipinski definition) is 5. The predicted molar refractivity (Wildman–Crippen MR) is 75.6 cm³/mol. The first-order valence-electron chi connectivity index (χ1n) is 6.09. The largest absolute Gasteiger partial charge is 0.384 e. The first-order chi connectivity index (χ1) is 9.41. The maximum absolute atomic E-state index is 12.0. The van der Waals surface area contributed by atoms with Crippen LogP contribution in [-0.2, 0) is 20.3 Å². The van der Waals surface area contributed by atoms with E-state index in [1.165, 1.54) is 17.6 Å². The van der Waals surface area contributed by atoms with E-state index in [0.717, 1.165) is 5.56 Å². The van der Waals surface area contributed by atoms with Gasteiger partial charge in [-0.3, -0.25) is 9.20 Å². The third-order valence-corrected chi connectivity index (χ3v) is 4.35. The average molecular weight is 296 g/mol. The van der Waals surface area contributed by atoms with Gasteiger partial charge < -0.3 is 4.74 Å². The molecule has 0 N–H and O–H groups in total. The van der Waals surface area contributed by atoms with Gasteiger partial charge in [-0.25, -0.2) is 13.4 Å². The van der Waals surface area contributed by atoms with Crippen molar-refractivity contribution in [3.63, 3.8) is 0 Å². The number of ether oxygens (including phenoxy) is 1. The number of aromatic nitrogens is 2. The summed E-state index contributed by atoms with van der Waals surface area (Å²) in [7, 11) is -1.88. The molecule has 0 radical (unpaired) electrons. The minimum Gasteiger partial charge on any atom is -0.384 e. The Labute approximate surface area is 117 Å². The predicted octanol–water partition coefficient (Wildman–Crippen LogP) is 0.564. The van der Waals surface area contributed by atoms with Crippen LogP contribution in [0.25, 0.3) is 5.65 Å². The molecule has 2 rings (SSSR count). The standard InChI is InChI=1S/C13H16N2O4S/c1-10-3-4-12-14-11(7-13(16)15(12)8-10)9-20(17,18)6-5-19-2/h3-4,7-8H,5-6,9H2,1-2H3. The Kier molecular flexibility index (Phi) is 4.20. The molecule has 0 aliphatic rings. The molecule has 0 saturated heterocycles. The highest BCUT2D eigenvalue weighted by Crippen LogP contribution is 2.06. The van der Waals surface area contributed by atoms with E-state index in [1.807, 2.05) is 13.0 Å². The molecule has 2 aromatic rings. The van der Waals surface area contributed by atoms with E-state index in [-0.39, 0.29) is 29.4 Å². The lowest BCUT2D eigenvalue weighted by Gasteiger charge is -2.06. The van der Waals surface area contributed by atoms with Crippen molar-refractivity contribution in [1.29, 1.82) is 0 Å². The molecule has 0 unspecified atom stereocenters. The summed E-state index contributed by atoms with van der Waals surface area (Å²) in [5, 5.41) is 0. The second kappa shape index (κ2) is 5.72. The van der Waals surface area contributed by atoms with E-state index < -0.39 is 9.84 Å². The number of sulfone groups is 1. The van der Waals surface area contributed by atoms with Gasteiger partial charge in [0.1, 0.15) is 5.65 Å². The minimum atomic E-state index is -3.33. The molecule has 6 nitrogen and oxygen atoms in total. The van der Waals surface area contributed by atoms with Gasteiger partial charge in [0.2, 0.25) is 0 Å². The van der Waals surface area contributed by atoms with Crippen LogP contribution in [0.4, 0.5) is 0 Å². The molecule has 0 amide bonds. The third kappa shape index (κ3) is 3.43. The van der Waals surface area contributed by atoms with E-state index in [4.69, 9.17) is 4.74 Å². The van der Waals surface area contributed by atoms with Crippen molar-refractivity contribution < 1.29 is 13.2 Å². The second-order valence-corrected chi connectivity index (χ2v) is 6.79. The lowest BCUT2D eigenvalue weighted by molar-refractivity contribution is 0.217. The highest BCUT2D eigenvalue weighted by atomic mass is 32.2. The summed E-state index contributed by atoms with van der Waals surface area (Å²) >= 11 is 0. The molecule has 2 heterocycles. The number of pyridine rings is 1. The van der Waals surface area contributed by atoms with Gasteiger partial charge in [0.25, 0.3) is 5.56 Å². The van der Waals surface area contributed by atoms with Crippen molar-refractivity contribution in [3.05, 3.63) is 46.0 Å². The molecule has 0 spiro atoms. The van der Waals surface area contributed by atoms with Crippen LogP contribution in [0.15, 0.2) is 29.2 Å². The van der Waals surface area contributed by atoms with Gasteiger partial charge in [-0.15, -0.1) is 0 Å². The minimum absolute atomic E-state index is 0.0849. The zero-order chi connectivity index (χ0) is 14.8. The van der Waals surface area contributed by atoms with Crippen LogP contribution in [0.5, 0.6) is 0 Å². The summed E-state index contributed by atoms with van der Waals surface area (Å²) in [6.45, 7) is 2.00. The molecule has 2 aromatic heterocycles. The third-order valence-electron chi connectivity index (χ3n) is 2.83. The molecule has 0 aromatic carbocycles. The van der Waals surface area contributed by atoms with Gasteiger partial charge >= 0.3 is 0 Å². The summed E-state index contributed by atoms with van der Waals surface area (Å²) in [4.78, 5) is 16.2. The molecular weight excluding hydrogens is 280 g/mol. The molecule has 0 aliphatic heterocycles. The van der Waals surface area contributed by atoms with E-state index in [2.05, 4.69) is 4.98 Å². The Morgan fingerprint density at radius 2 is 2.10 bits per heavy atom. The molecule has 0 fully saturated rings. The average Bonchev–Trinajstić information content (AvgIpc) is 2.37. The van der Waals surface area contributed by atoms with Crippen LogP contribution in [0.3, 0.4) is 0 Å². The number of fused-ring (bicyclic) bond motifs is 1. The summed E-state index contributed by atoms with van der Waals surface area (Å²) in [5.74, 6) is -0.339. The monoisotopic (exact) mass is 296 g/mol. The maximum atomic E-state index is 12.0. The fourth-order valence-corrected chi connectivity index (χ4v) is 3.00. The summed E-state index contributed by atoms with van der Waals surface area (Å²) in [5.41, 5.74) is 1.35. The fourth-order valence-electron chi connectivity index (χ4n) is 1.84. The van der Waals surface area contributed by atoms with Crippen LogP contribution >= 0.6 is 0 Å². The van der Waals surface area contributed by atoms with Gasteiger partial charge in [0.15, 0.2) is 9.84 Å². The highest BCUT2D eigenvalue weighted by molar-refractivity contribution is 7.90. The molecule has 0 aliphatic carbocycles. The normalized spacial score (nSPS) is 11.9. The van der Waals surface area contributed by atoms with Crippen LogP contribution in [0.2, 0.25) is 0 Å². The number of nitrogens with zero attached hydrogens (tertiary/aromatic N) is 2. The molecule has 0 saturated carbocycles. The van der Waals surface area contributed by atoms with E-state index in [0.29, 0.717) is 5.65 Å². The number of hydrogen-bond donors (Lipinski definition) is 0. The number of rotatable bonds is 5. The van der Waals surface area contributed by atoms with Gasteiger partial charge in [-0.1, -0.05) is 6.07 Å². The number of aryl methyl sites for hydroxylation is 1.